The minimum Gasteiger partial charge on any atom is -0.497 e. The number of hydrogen-bond acceptors (Lipinski definition) is 4. The zero-order chi connectivity index (χ0) is 23.4. The second kappa shape index (κ2) is 9.61. The van der Waals surface area contributed by atoms with E-state index in [9.17, 15) is 9.59 Å². The molecule has 6 heteroatoms. The minimum absolute atomic E-state index is 0.120. The van der Waals surface area contributed by atoms with Crippen LogP contribution in [0.25, 0.3) is 10.9 Å². The van der Waals surface area contributed by atoms with Crippen LogP contribution in [-0.4, -0.2) is 25.1 Å². The number of fused-ring (bicyclic) bond motifs is 1. The lowest BCUT2D eigenvalue weighted by Gasteiger charge is -2.25. The van der Waals surface area contributed by atoms with Crippen LogP contribution in [0, 0.1) is 6.92 Å². The van der Waals surface area contributed by atoms with E-state index in [0.717, 1.165) is 27.8 Å². The van der Waals surface area contributed by atoms with Crippen LogP contribution >= 0.6 is 0 Å². The topological polar surface area (TPSA) is 71.6 Å². The SMILES string of the molecule is COc1ccc(CC(=O)N(Cc2cc3ccc(C)cc3[nH]c2=O)c2ccccc2OC)cc1. The predicted molar refractivity (Wildman–Crippen MR) is 130 cm³/mol. The van der Waals surface area contributed by atoms with Crippen molar-refractivity contribution in [1.29, 1.82) is 0 Å². The summed E-state index contributed by atoms with van der Waals surface area (Å²) in [5.41, 5.74) is 3.59. The molecule has 0 aliphatic heterocycles. The second-order valence-electron chi connectivity index (χ2n) is 7.89. The molecule has 3 aromatic carbocycles. The van der Waals surface area contributed by atoms with Gasteiger partial charge >= 0.3 is 0 Å². The summed E-state index contributed by atoms with van der Waals surface area (Å²) in [6.45, 7) is 2.10. The first-order valence-electron chi connectivity index (χ1n) is 10.7. The largest absolute Gasteiger partial charge is 0.497 e. The van der Waals surface area contributed by atoms with Crippen molar-refractivity contribution in [3.63, 3.8) is 0 Å². The maximum absolute atomic E-state index is 13.5. The molecule has 0 radical (unpaired) electrons. The third kappa shape index (κ3) is 4.90. The number of H-pyrrole nitrogens is 1. The van der Waals surface area contributed by atoms with E-state index >= 15 is 0 Å². The summed E-state index contributed by atoms with van der Waals surface area (Å²) in [6.07, 6.45) is 0.173. The Morgan fingerprint density at radius 1 is 0.939 bits per heavy atom. The number of aromatic amines is 1. The first-order chi connectivity index (χ1) is 16.0. The van der Waals surface area contributed by atoms with E-state index in [-0.39, 0.29) is 24.4 Å². The third-order valence-corrected chi connectivity index (χ3v) is 5.60. The van der Waals surface area contributed by atoms with Crippen LogP contribution < -0.4 is 19.9 Å². The van der Waals surface area contributed by atoms with Crippen molar-refractivity contribution in [2.75, 3.05) is 19.1 Å². The van der Waals surface area contributed by atoms with Crippen LogP contribution in [0.2, 0.25) is 0 Å². The number of para-hydroxylation sites is 2. The molecular formula is C27H26N2O4. The fourth-order valence-corrected chi connectivity index (χ4v) is 3.82. The Hall–Kier alpha value is -4.06. The molecule has 0 saturated heterocycles. The number of carbonyl (C=O) groups excluding carboxylic acids is 1. The lowest BCUT2D eigenvalue weighted by Crippen LogP contribution is -2.34. The van der Waals surface area contributed by atoms with Crippen LogP contribution in [0.15, 0.2) is 77.6 Å². The molecular weight excluding hydrogens is 416 g/mol. The van der Waals surface area contributed by atoms with Crippen LogP contribution in [0.1, 0.15) is 16.7 Å². The Kier molecular flexibility index (Phi) is 6.45. The summed E-state index contributed by atoms with van der Waals surface area (Å²) in [7, 11) is 3.17. The molecule has 1 heterocycles. The molecule has 4 rings (SSSR count). The molecule has 1 N–H and O–H groups in total. The van der Waals surface area contributed by atoms with Crippen LogP contribution in [0.3, 0.4) is 0 Å². The molecule has 168 valence electrons. The number of nitrogens with one attached hydrogen (secondary N) is 1. The predicted octanol–water partition coefficient (Wildman–Crippen LogP) is 4.63. The average Bonchev–Trinajstić information content (AvgIpc) is 2.83. The Morgan fingerprint density at radius 2 is 1.70 bits per heavy atom. The number of amides is 1. The molecule has 0 atom stereocenters. The molecule has 0 aliphatic carbocycles. The van der Waals surface area contributed by atoms with Crippen LogP contribution in [-0.2, 0) is 17.8 Å². The van der Waals surface area contributed by atoms with Gasteiger partial charge in [0.1, 0.15) is 11.5 Å². The van der Waals surface area contributed by atoms with Crippen molar-refractivity contribution in [3.8, 4) is 11.5 Å². The number of rotatable bonds is 7. The fraction of sp³-hybridized carbons (Fsp3) is 0.185. The molecule has 0 saturated carbocycles. The van der Waals surface area contributed by atoms with E-state index < -0.39 is 0 Å². The second-order valence-corrected chi connectivity index (χ2v) is 7.89. The number of anilines is 1. The van der Waals surface area contributed by atoms with Gasteiger partial charge < -0.3 is 19.4 Å². The Labute approximate surface area is 192 Å². The highest BCUT2D eigenvalue weighted by Gasteiger charge is 2.21. The molecule has 1 aromatic heterocycles. The fourth-order valence-electron chi connectivity index (χ4n) is 3.82. The Morgan fingerprint density at radius 3 is 2.42 bits per heavy atom. The normalized spacial score (nSPS) is 10.8. The van der Waals surface area contributed by atoms with Crippen molar-refractivity contribution in [3.05, 3.63) is 99.8 Å². The van der Waals surface area contributed by atoms with Gasteiger partial charge in [-0.2, -0.15) is 0 Å². The third-order valence-electron chi connectivity index (χ3n) is 5.60. The Bertz CT molecular complexity index is 1340. The molecule has 0 bridgehead atoms. The lowest BCUT2D eigenvalue weighted by molar-refractivity contribution is -0.118. The molecule has 0 aliphatic rings. The van der Waals surface area contributed by atoms with Crippen molar-refractivity contribution in [1.82, 2.24) is 4.98 Å². The van der Waals surface area contributed by atoms with E-state index in [1.165, 1.54) is 0 Å². The lowest BCUT2D eigenvalue weighted by atomic mass is 10.1. The van der Waals surface area contributed by atoms with Crippen molar-refractivity contribution in [2.45, 2.75) is 19.9 Å². The summed E-state index contributed by atoms with van der Waals surface area (Å²) in [6, 6.07) is 22.4. The van der Waals surface area contributed by atoms with Gasteiger partial charge in [-0.15, -0.1) is 0 Å². The highest BCUT2D eigenvalue weighted by atomic mass is 16.5. The van der Waals surface area contributed by atoms with Gasteiger partial charge in [-0.1, -0.05) is 36.4 Å². The van der Waals surface area contributed by atoms with E-state index in [1.807, 2.05) is 73.7 Å². The number of aromatic nitrogens is 1. The molecule has 4 aromatic rings. The summed E-state index contributed by atoms with van der Waals surface area (Å²) >= 11 is 0. The van der Waals surface area contributed by atoms with E-state index in [1.54, 1.807) is 25.2 Å². The smallest absolute Gasteiger partial charge is 0.253 e. The van der Waals surface area contributed by atoms with Gasteiger partial charge in [-0.05, 0) is 59.8 Å². The van der Waals surface area contributed by atoms with Crippen LogP contribution in [0.4, 0.5) is 5.69 Å². The van der Waals surface area contributed by atoms with Gasteiger partial charge in [0.25, 0.3) is 5.56 Å². The number of ether oxygens (including phenoxy) is 2. The van der Waals surface area contributed by atoms with Crippen molar-refractivity contribution in [2.24, 2.45) is 0 Å². The zero-order valence-electron chi connectivity index (χ0n) is 18.9. The molecule has 6 nitrogen and oxygen atoms in total. The molecule has 0 unspecified atom stereocenters. The van der Waals surface area contributed by atoms with Crippen molar-refractivity contribution >= 4 is 22.5 Å². The average molecular weight is 443 g/mol. The maximum atomic E-state index is 13.5. The number of methoxy groups -OCH3 is 2. The van der Waals surface area contributed by atoms with Crippen LogP contribution in [0.5, 0.6) is 11.5 Å². The van der Waals surface area contributed by atoms with E-state index in [2.05, 4.69) is 4.98 Å². The molecule has 0 fully saturated rings. The summed E-state index contributed by atoms with van der Waals surface area (Å²) < 4.78 is 10.7. The standard InChI is InChI=1S/C27H26N2O4/c1-18-8-11-20-16-21(27(31)28-23(20)14-18)17-29(24-6-4-5-7-25(24)33-3)26(30)15-19-9-12-22(32-2)13-10-19/h4-14,16H,15,17H2,1-3H3,(H,28,31). The maximum Gasteiger partial charge on any atom is 0.253 e. The quantitative estimate of drug-likeness (QED) is 0.453. The van der Waals surface area contributed by atoms with Gasteiger partial charge in [0.2, 0.25) is 5.91 Å². The molecule has 33 heavy (non-hydrogen) atoms. The van der Waals surface area contributed by atoms with Gasteiger partial charge in [-0.3, -0.25) is 9.59 Å². The highest BCUT2D eigenvalue weighted by molar-refractivity contribution is 5.96. The number of carbonyl (C=O) groups is 1. The summed E-state index contributed by atoms with van der Waals surface area (Å²) in [4.78, 5) is 30.9. The first-order valence-corrected chi connectivity index (χ1v) is 10.7. The molecule has 0 spiro atoms. The number of hydrogen-bond donors (Lipinski definition) is 1. The van der Waals surface area contributed by atoms with E-state index in [0.29, 0.717) is 17.0 Å². The van der Waals surface area contributed by atoms with E-state index in [4.69, 9.17) is 9.47 Å². The summed E-state index contributed by atoms with van der Waals surface area (Å²) in [5.74, 6) is 1.15. The summed E-state index contributed by atoms with van der Waals surface area (Å²) in [5, 5.41) is 0.915. The van der Waals surface area contributed by atoms with Crippen molar-refractivity contribution < 1.29 is 14.3 Å². The number of benzene rings is 3. The highest BCUT2D eigenvalue weighted by Crippen LogP contribution is 2.30. The monoisotopic (exact) mass is 442 g/mol. The molecule has 1 amide bonds. The zero-order valence-corrected chi connectivity index (χ0v) is 18.9. The number of aryl methyl sites for hydroxylation is 1. The first kappa shape index (κ1) is 22.1. The number of nitrogens with zero attached hydrogens (tertiary/aromatic N) is 1. The Balaban J connectivity index is 1.72. The van der Waals surface area contributed by atoms with Gasteiger partial charge in [0.05, 0.1) is 32.9 Å². The van der Waals surface area contributed by atoms with Gasteiger partial charge in [-0.25, -0.2) is 0 Å². The van der Waals surface area contributed by atoms with Gasteiger partial charge in [0, 0.05) is 11.1 Å². The number of pyridine rings is 1. The van der Waals surface area contributed by atoms with Gasteiger partial charge in [0.15, 0.2) is 0 Å². The minimum atomic E-state index is -0.217.